The van der Waals surface area contributed by atoms with E-state index < -0.39 is 0 Å². The third kappa shape index (κ3) is 3.53. The topological polar surface area (TPSA) is 24.9 Å². The lowest BCUT2D eigenvalue weighted by Gasteiger charge is -2.14. The van der Waals surface area contributed by atoms with Crippen LogP contribution in [0.15, 0.2) is 23.6 Å². The second-order valence-corrected chi connectivity index (χ2v) is 6.63. The Morgan fingerprint density at radius 2 is 2.05 bits per heavy atom. The molecule has 0 saturated carbocycles. The van der Waals surface area contributed by atoms with Gasteiger partial charge >= 0.3 is 0 Å². The molecule has 2 nitrogen and oxygen atoms in total. The van der Waals surface area contributed by atoms with Crippen molar-refractivity contribution in [1.29, 1.82) is 0 Å². The molecule has 0 aliphatic heterocycles. The van der Waals surface area contributed by atoms with Crippen molar-refractivity contribution in [2.45, 2.75) is 39.7 Å². The van der Waals surface area contributed by atoms with Crippen LogP contribution in [0, 0.1) is 12.7 Å². The van der Waals surface area contributed by atoms with Crippen molar-refractivity contribution in [3.05, 3.63) is 45.7 Å². The standard InChI is InChI=1S/C15H19FN2S/c1-10-5-6-11(16)7-12(10)17-8-14-18-13(9-19-14)15(2,3)4/h5-7,9,17H,8H2,1-4H3. The van der Waals surface area contributed by atoms with Gasteiger partial charge in [0.15, 0.2) is 0 Å². The largest absolute Gasteiger partial charge is 0.378 e. The first kappa shape index (κ1) is 14.0. The zero-order chi connectivity index (χ0) is 14.0. The molecule has 0 unspecified atom stereocenters. The van der Waals surface area contributed by atoms with Gasteiger partial charge in [-0.3, -0.25) is 0 Å². The molecule has 1 N–H and O–H groups in total. The summed E-state index contributed by atoms with van der Waals surface area (Å²) in [5.74, 6) is -0.220. The van der Waals surface area contributed by atoms with E-state index in [1.807, 2.05) is 6.92 Å². The van der Waals surface area contributed by atoms with Crippen LogP contribution in [0.4, 0.5) is 10.1 Å². The molecule has 0 atom stereocenters. The third-order valence-electron chi connectivity index (χ3n) is 2.95. The first-order chi connectivity index (χ1) is 8.86. The van der Waals surface area contributed by atoms with Gasteiger partial charge in [0.05, 0.1) is 12.2 Å². The molecule has 1 aromatic carbocycles. The van der Waals surface area contributed by atoms with Gasteiger partial charge in [-0.15, -0.1) is 11.3 Å². The lowest BCUT2D eigenvalue weighted by Crippen LogP contribution is -2.12. The van der Waals surface area contributed by atoms with Crippen molar-refractivity contribution in [3.63, 3.8) is 0 Å². The molecule has 0 amide bonds. The van der Waals surface area contributed by atoms with Gasteiger partial charge in [-0.1, -0.05) is 26.8 Å². The summed E-state index contributed by atoms with van der Waals surface area (Å²) in [5, 5.41) is 6.36. The number of rotatable bonds is 3. The van der Waals surface area contributed by atoms with Gasteiger partial charge in [0.1, 0.15) is 10.8 Å². The second-order valence-electron chi connectivity index (χ2n) is 5.69. The van der Waals surface area contributed by atoms with Gasteiger partial charge in [0.25, 0.3) is 0 Å². The molecule has 0 radical (unpaired) electrons. The monoisotopic (exact) mass is 278 g/mol. The number of aromatic nitrogens is 1. The molecular formula is C15H19FN2S. The molecule has 4 heteroatoms. The first-order valence-corrected chi connectivity index (χ1v) is 7.19. The fraction of sp³-hybridized carbons (Fsp3) is 0.400. The minimum absolute atomic E-state index is 0.0729. The minimum Gasteiger partial charge on any atom is -0.378 e. The lowest BCUT2D eigenvalue weighted by molar-refractivity contribution is 0.571. The van der Waals surface area contributed by atoms with Crippen LogP contribution in [-0.4, -0.2) is 4.98 Å². The zero-order valence-electron chi connectivity index (χ0n) is 11.7. The Labute approximate surface area is 117 Å². The SMILES string of the molecule is Cc1ccc(F)cc1NCc1nc(C(C)(C)C)cs1. The van der Waals surface area contributed by atoms with Gasteiger partial charge in [-0.25, -0.2) is 9.37 Å². The predicted octanol–water partition coefficient (Wildman–Crippen LogP) is 4.50. The number of hydrogen-bond acceptors (Lipinski definition) is 3. The van der Waals surface area contributed by atoms with Crippen LogP contribution in [0.2, 0.25) is 0 Å². The van der Waals surface area contributed by atoms with Crippen LogP contribution in [0.25, 0.3) is 0 Å². The molecule has 0 saturated heterocycles. The second kappa shape index (κ2) is 5.29. The van der Waals surface area contributed by atoms with Gasteiger partial charge in [-0.05, 0) is 24.6 Å². The van der Waals surface area contributed by atoms with E-state index in [9.17, 15) is 4.39 Å². The van der Waals surface area contributed by atoms with Crippen LogP contribution >= 0.6 is 11.3 Å². The van der Waals surface area contributed by atoms with E-state index in [0.29, 0.717) is 6.54 Å². The van der Waals surface area contributed by atoms with Crippen LogP contribution in [-0.2, 0) is 12.0 Å². The number of nitrogens with zero attached hydrogens (tertiary/aromatic N) is 1. The summed E-state index contributed by atoms with van der Waals surface area (Å²) in [6.45, 7) is 9.04. The number of aryl methyl sites for hydroxylation is 1. The first-order valence-electron chi connectivity index (χ1n) is 6.31. The molecule has 0 fully saturated rings. The van der Waals surface area contributed by atoms with Crippen molar-refractivity contribution >= 4 is 17.0 Å². The number of nitrogens with one attached hydrogen (secondary N) is 1. The Morgan fingerprint density at radius 1 is 1.32 bits per heavy atom. The smallest absolute Gasteiger partial charge is 0.125 e. The number of thiazole rings is 1. The van der Waals surface area contributed by atoms with E-state index in [2.05, 4.69) is 36.5 Å². The fourth-order valence-corrected chi connectivity index (χ4v) is 2.65. The highest BCUT2D eigenvalue weighted by atomic mass is 32.1. The van der Waals surface area contributed by atoms with Crippen molar-refractivity contribution in [2.75, 3.05) is 5.32 Å². The number of hydrogen-bond donors (Lipinski definition) is 1. The maximum absolute atomic E-state index is 13.2. The summed E-state index contributed by atoms with van der Waals surface area (Å²) in [7, 11) is 0. The summed E-state index contributed by atoms with van der Waals surface area (Å²) < 4.78 is 13.2. The Hall–Kier alpha value is -1.42. The van der Waals surface area contributed by atoms with Crippen LogP contribution < -0.4 is 5.32 Å². The molecule has 102 valence electrons. The van der Waals surface area contributed by atoms with Crippen molar-refractivity contribution in [3.8, 4) is 0 Å². The minimum atomic E-state index is -0.220. The van der Waals surface area contributed by atoms with Crippen molar-refractivity contribution in [1.82, 2.24) is 4.98 Å². The molecule has 0 aliphatic carbocycles. The number of anilines is 1. The number of benzene rings is 1. The molecule has 0 bridgehead atoms. The summed E-state index contributed by atoms with van der Waals surface area (Å²) in [6.07, 6.45) is 0. The molecule has 1 aromatic heterocycles. The average Bonchev–Trinajstić information content (AvgIpc) is 2.79. The Morgan fingerprint density at radius 3 is 2.68 bits per heavy atom. The van der Waals surface area contributed by atoms with Crippen molar-refractivity contribution < 1.29 is 4.39 Å². The molecule has 2 aromatic rings. The summed E-state index contributed by atoms with van der Waals surface area (Å²) in [4.78, 5) is 4.61. The Bertz CT molecular complexity index is 570. The van der Waals surface area contributed by atoms with E-state index in [1.165, 1.54) is 12.1 Å². The summed E-state index contributed by atoms with van der Waals surface area (Å²) >= 11 is 1.64. The molecule has 2 rings (SSSR count). The van der Waals surface area contributed by atoms with Crippen molar-refractivity contribution in [2.24, 2.45) is 0 Å². The van der Waals surface area contributed by atoms with Gasteiger partial charge in [-0.2, -0.15) is 0 Å². The average molecular weight is 278 g/mol. The molecule has 19 heavy (non-hydrogen) atoms. The third-order valence-corrected chi connectivity index (χ3v) is 3.80. The highest BCUT2D eigenvalue weighted by Crippen LogP contribution is 2.24. The molecule has 0 spiro atoms. The van der Waals surface area contributed by atoms with Gasteiger partial charge < -0.3 is 5.32 Å². The van der Waals surface area contributed by atoms with Crippen LogP contribution in [0.1, 0.15) is 37.0 Å². The highest BCUT2D eigenvalue weighted by molar-refractivity contribution is 7.09. The maximum Gasteiger partial charge on any atom is 0.125 e. The van der Waals surface area contributed by atoms with E-state index in [0.717, 1.165) is 22.0 Å². The quantitative estimate of drug-likeness (QED) is 0.894. The van der Waals surface area contributed by atoms with Crippen LogP contribution in [0.3, 0.4) is 0 Å². The zero-order valence-corrected chi connectivity index (χ0v) is 12.6. The lowest BCUT2D eigenvalue weighted by atomic mass is 9.93. The predicted molar refractivity (Wildman–Crippen MR) is 79.3 cm³/mol. The molecule has 1 heterocycles. The maximum atomic E-state index is 13.2. The summed E-state index contributed by atoms with van der Waals surface area (Å²) in [6, 6.07) is 4.77. The Kier molecular flexibility index (Phi) is 3.90. The summed E-state index contributed by atoms with van der Waals surface area (Å²) in [5.41, 5.74) is 3.04. The van der Waals surface area contributed by atoms with E-state index >= 15 is 0 Å². The Balaban J connectivity index is 2.06. The fourth-order valence-electron chi connectivity index (χ4n) is 1.69. The highest BCUT2D eigenvalue weighted by Gasteiger charge is 2.17. The molecule has 0 aliphatic rings. The van der Waals surface area contributed by atoms with E-state index in [1.54, 1.807) is 17.4 Å². The normalized spacial score (nSPS) is 11.6. The van der Waals surface area contributed by atoms with E-state index in [4.69, 9.17) is 0 Å². The molecular weight excluding hydrogens is 259 g/mol. The van der Waals surface area contributed by atoms with Gasteiger partial charge in [0, 0.05) is 16.5 Å². The van der Waals surface area contributed by atoms with Gasteiger partial charge in [0.2, 0.25) is 0 Å². The number of halogens is 1. The van der Waals surface area contributed by atoms with Crippen LogP contribution in [0.5, 0.6) is 0 Å². The van der Waals surface area contributed by atoms with E-state index in [-0.39, 0.29) is 11.2 Å².